The van der Waals surface area contributed by atoms with Crippen LogP contribution in [-0.2, 0) is 4.79 Å². The van der Waals surface area contributed by atoms with Gasteiger partial charge in [0.2, 0.25) is 6.08 Å². The molecule has 5 heteroatoms. The maximum atomic E-state index is 10.2. The summed E-state index contributed by atoms with van der Waals surface area (Å²) in [6.07, 6.45) is 3.06. The third kappa shape index (κ3) is 1.85. The first-order valence-corrected chi connectivity index (χ1v) is 4.61. The van der Waals surface area contributed by atoms with Gasteiger partial charge in [0.15, 0.2) is 5.82 Å². The zero-order chi connectivity index (χ0) is 11.4. The van der Waals surface area contributed by atoms with Gasteiger partial charge >= 0.3 is 0 Å². The number of rotatable bonds is 3. The topological polar surface area (TPSA) is 56.5 Å². The molecule has 0 bridgehead atoms. The first kappa shape index (κ1) is 10.1. The Labute approximate surface area is 92.0 Å². The first-order valence-electron chi connectivity index (χ1n) is 4.61. The fraction of sp³-hybridized carbons (Fsp3) is 0.0909. The summed E-state index contributed by atoms with van der Waals surface area (Å²) in [4.78, 5) is 13.8. The Morgan fingerprint density at radius 1 is 1.31 bits per heavy atom. The second-order valence-corrected chi connectivity index (χ2v) is 3.00. The molecule has 0 aliphatic rings. The number of hydrogen-bond acceptors (Lipinski definition) is 4. The van der Waals surface area contributed by atoms with Crippen molar-refractivity contribution in [2.24, 2.45) is 4.99 Å². The van der Waals surface area contributed by atoms with Gasteiger partial charge in [-0.3, -0.25) is 0 Å². The SMILES string of the molecule is COc1ccc(-n2nccc2N=C=O)cc1. The van der Waals surface area contributed by atoms with Crippen molar-refractivity contribution in [2.75, 3.05) is 7.11 Å². The molecule has 2 rings (SSSR count). The monoisotopic (exact) mass is 215 g/mol. The van der Waals surface area contributed by atoms with Gasteiger partial charge in [0.05, 0.1) is 19.0 Å². The first-order chi connectivity index (χ1) is 7.85. The van der Waals surface area contributed by atoms with E-state index in [1.54, 1.807) is 24.1 Å². The normalized spacial score (nSPS) is 9.56. The van der Waals surface area contributed by atoms with E-state index in [1.807, 2.05) is 24.3 Å². The van der Waals surface area contributed by atoms with Crippen molar-refractivity contribution >= 4 is 11.9 Å². The molecule has 0 radical (unpaired) electrons. The van der Waals surface area contributed by atoms with E-state index in [4.69, 9.17) is 4.74 Å². The lowest BCUT2D eigenvalue weighted by molar-refractivity contribution is 0.414. The number of isocyanates is 1. The van der Waals surface area contributed by atoms with E-state index < -0.39 is 0 Å². The molecule has 16 heavy (non-hydrogen) atoms. The number of benzene rings is 1. The minimum atomic E-state index is 0.445. The number of nitrogens with zero attached hydrogens (tertiary/aromatic N) is 3. The van der Waals surface area contributed by atoms with Gasteiger partial charge in [-0.25, -0.2) is 9.48 Å². The molecule has 2 aromatic rings. The zero-order valence-electron chi connectivity index (χ0n) is 8.62. The fourth-order valence-corrected chi connectivity index (χ4v) is 1.35. The summed E-state index contributed by atoms with van der Waals surface area (Å²) < 4.78 is 6.59. The molecule has 0 aliphatic carbocycles. The van der Waals surface area contributed by atoms with Gasteiger partial charge < -0.3 is 4.74 Å². The van der Waals surface area contributed by atoms with E-state index in [0.717, 1.165) is 11.4 Å². The predicted octanol–water partition coefficient (Wildman–Crippen LogP) is 1.85. The molecule has 0 spiro atoms. The lowest BCUT2D eigenvalue weighted by atomic mass is 10.3. The molecular formula is C11H9N3O2. The van der Waals surface area contributed by atoms with Crippen molar-refractivity contribution in [2.45, 2.75) is 0 Å². The van der Waals surface area contributed by atoms with Crippen LogP contribution in [0.25, 0.3) is 5.69 Å². The van der Waals surface area contributed by atoms with E-state index in [1.165, 1.54) is 6.08 Å². The maximum Gasteiger partial charge on any atom is 0.242 e. The van der Waals surface area contributed by atoms with E-state index in [-0.39, 0.29) is 0 Å². The van der Waals surface area contributed by atoms with Gasteiger partial charge in [-0.2, -0.15) is 5.10 Å². The quantitative estimate of drug-likeness (QED) is 0.580. The molecule has 0 saturated heterocycles. The third-order valence-corrected chi connectivity index (χ3v) is 2.10. The van der Waals surface area contributed by atoms with Gasteiger partial charge in [0.1, 0.15) is 5.75 Å². The zero-order valence-corrected chi connectivity index (χ0v) is 8.62. The molecule has 0 fully saturated rings. The lowest BCUT2D eigenvalue weighted by Crippen LogP contribution is -1.95. The summed E-state index contributed by atoms with van der Waals surface area (Å²) in [5.74, 6) is 1.21. The van der Waals surface area contributed by atoms with Crippen molar-refractivity contribution in [3.8, 4) is 11.4 Å². The Hall–Kier alpha value is -2.39. The minimum absolute atomic E-state index is 0.445. The van der Waals surface area contributed by atoms with E-state index in [0.29, 0.717) is 5.82 Å². The van der Waals surface area contributed by atoms with Crippen molar-refractivity contribution in [1.29, 1.82) is 0 Å². The summed E-state index contributed by atoms with van der Waals surface area (Å²) in [6, 6.07) is 8.91. The predicted molar refractivity (Wildman–Crippen MR) is 57.9 cm³/mol. The number of aromatic nitrogens is 2. The van der Waals surface area contributed by atoms with Crippen LogP contribution in [0.3, 0.4) is 0 Å². The third-order valence-electron chi connectivity index (χ3n) is 2.10. The molecule has 0 atom stereocenters. The van der Waals surface area contributed by atoms with Gasteiger partial charge in [-0.15, -0.1) is 4.99 Å². The highest BCUT2D eigenvalue weighted by molar-refractivity contribution is 5.49. The van der Waals surface area contributed by atoms with Crippen LogP contribution < -0.4 is 4.74 Å². The van der Waals surface area contributed by atoms with Crippen molar-refractivity contribution in [3.63, 3.8) is 0 Å². The average Bonchev–Trinajstić information content (AvgIpc) is 2.78. The Bertz CT molecular complexity index is 524. The molecule has 0 amide bonds. The Morgan fingerprint density at radius 2 is 2.06 bits per heavy atom. The Morgan fingerprint density at radius 3 is 2.69 bits per heavy atom. The summed E-state index contributed by atoms with van der Waals surface area (Å²) in [5, 5.41) is 4.06. The summed E-state index contributed by atoms with van der Waals surface area (Å²) in [7, 11) is 1.60. The van der Waals surface area contributed by atoms with Crippen LogP contribution in [0.2, 0.25) is 0 Å². The summed E-state index contributed by atoms with van der Waals surface area (Å²) in [6.45, 7) is 0. The summed E-state index contributed by atoms with van der Waals surface area (Å²) >= 11 is 0. The average molecular weight is 215 g/mol. The van der Waals surface area contributed by atoms with Gasteiger partial charge in [-0.1, -0.05) is 0 Å². The largest absolute Gasteiger partial charge is 0.497 e. The standard InChI is InChI=1S/C11H9N3O2/c1-16-10-4-2-9(3-5-10)14-11(12-8-15)6-7-13-14/h2-7H,1H3. The van der Waals surface area contributed by atoms with Gasteiger partial charge in [0.25, 0.3) is 0 Å². The lowest BCUT2D eigenvalue weighted by Gasteiger charge is -2.04. The molecule has 1 aromatic heterocycles. The van der Waals surface area contributed by atoms with Crippen LogP contribution in [0.1, 0.15) is 0 Å². The molecule has 0 N–H and O–H groups in total. The molecule has 0 aliphatic heterocycles. The van der Waals surface area contributed by atoms with Crippen LogP contribution >= 0.6 is 0 Å². The Kier molecular flexibility index (Phi) is 2.80. The molecule has 80 valence electrons. The summed E-state index contributed by atoms with van der Waals surface area (Å²) in [5.41, 5.74) is 0.805. The minimum Gasteiger partial charge on any atom is -0.497 e. The molecule has 0 saturated carbocycles. The van der Waals surface area contributed by atoms with Crippen LogP contribution in [0.5, 0.6) is 5.75 Å². The molecular weight excluding hydrogens is 206 g/mol. The van der Waals surface area contributed by atoms with Crippen molar-refractivity contribution < 1.29 is 9.53 Å². The highest BCUT2D eigenvalue weighted by Gasteiger charge is 2.03. The number of methoxy groups -OCH3 is 1. The van der Waals surface area contributed by atoms with E-state index >= 15 is 0 Å². The number of ether oxygens (including phenoxy) is 1. The fourth-order valence-electron chi connectivity index (χ4n) is 1.35. The number of carbonyl (C=O) groups excluding carboxylic acids is 1. The van der Waals surface area contributed by atoms with Crippen molar-refractivity contribution in [3.05, 3.63) is 36.5 Å². The molecule has 1 heterocycles. The van der Waals surface area contributed by atoms with Gasteiger partial charge in [0, 0.05) is 6.07 Å². The van der Waals surface area contributed by atoms with Crippen LogP contribution in [-0.4, -0.2) is 23.0 Å². The number of aliphatic imine (C=N–C) groups is 1. The van der Waals surface area contributed by atoms with Gasteiger partial charge in [-0.05, 0) is 24.3 Å². The maximum absolute atomic E-state index is 10.2. The van der Waals surface area contributed by atoms with Crippen molar-refractivity contribution in [1.82, 2.24) is 9.78 Å². The van der Waals surface area contributed by atoms with Crippen LogP contribution in [0, 0.1) is 0 Å². The highest BCUT2D eigenvalue weighted by atomic mass is 16.5. The number of hydrogen-bond donors (Lipinski definition) is 0. The van der Waals surface area contributed by atoms with E-state index in [9.17, 15) is 4.79 Å². The second-order valence-electron chi connectivity index (χ2n) is 3.00. The van der Waals surface area contributed by atoms with Crippen LogP contribution in [0.15, 0.2) is 41.5 Å². The second kappa shape index (κ2) is 4.42. The molecule has 5 nitrogen and oxygen atoms in total. The Balaban J connectivity index is 2.42. The van der Waals surface area contributed by atoms with Crippen LogP contribution in [0.4, 0.5) is 5.82 Å². The van der Waals surface area contributed by atoms with E-state index in [2.05, 4.69) is 10.1 Å². The smallest absolute Gasteiger partial charge is 0.242 e. The molecule has 1 aromatic carbocycles. The highest BCUT2D eigenvalue weighted by Crippen LogP contribution is 2.19. The molecule has 0 unspecified atom stereocenters.